The van der Waals surface area contributed by atoms with Crippen molar-refractivity contribution in [3.05, 3.63) is 70.3 Å². The molecule has 25 heavy (non-hydrogen) atoms. The molecular weight excluding hydrogens is 322 g/mol. The van der Waals surface area contributed by atoms with E-state index in [4.69, 9.17) is 0 Å². The first-order valence-corrected chi connectivity index (χ1v) is 7.93. The minimum Gasteiger partial charge on any atom is -0.388 e. The minimum atomic E-state index is -0.644. The van der Waals surface area contributed by atoms with E-state index in [-0.39, 0.29) is 18.1 Å². The lowest BCUT2D eigenvalue weighted by Crippen LogP contribution is -2.36. The maximum atomic E-state index is 12.0. The van der Waals surface area contributed by atoms with E-state index in [0.29, 0.717) is 18.7 Å². The van der Waals surface area contributed by atoms with Gasteiger partial charge in [-0.2, -0.15) is 0 Å². The molecule has 0 heterocycles. The van der Waals surface area contributed by atoms with Crippen molar-refractivity contribution in [2.24, 2.45) is 0 Å². The Kier molecular flexibility index (Phi) is 6.47. The van der Waals surface area contributed by atoms with Gasteiger partial charge in [-0.1, -0.05) is 42.5 Å². The topological polar surface area (TPSA) is 95.7 Å². The fourth-order valence-electron chi connectivity index (χ4n) is 2.49. The molecule has 0 bridgehead atoms. The number of nitro benzene ring substituents is 1. The zero-order chi connectivity index (χ0) is 18.2. The molecule has 132 valence electrons. The highest BCUT2D eigenvalue weighted by Gasteiger charge is 2.18. The summed E-state index contributed by atoms with van der Waals surface area (Å²) in [6.07, 6.45) is -0.250. The molecule has 0 fully saturated rings. The van der Waals surface area contributed by atoms with Crippen molar-refractivity contribution in [1.82, 2.24) is 5.32 Å². The molecule has 2 aromatic rings. The Morgan fingerprint density at radius 1 is 1.20 bits per heavy atom. The highest BCUT2D eigenvalue weighted by Crippen LogP contribution is 2.26. The van der Waals surface area contributed by atoms with Crippen molar-refractivity contribution >= 4 is 17.3 Å². The third-order valence-corrected chi connectivity index (χ3v) is 3.79. The predicted octanol–water partition coefficient (Wildman–Crippen LogP) is 2.27. The molecule has 0 saturated carbocycles. The summed E-state index contributed by atoms with van der Waals surface area (Å²) >= 11 is 0. The Hall–Kier alpha value is -2.93. The minimum absolute atomic E-state index is 0.00765. The average molecular weight is 343 g/mol. The molecule has 1 unspecified atom stereocenters. The third-order valence-electron chi connectivity index (χ3n) is 3.79. The van der Waals surface area contributed by atoms with Crippen molar-refractivity contribution in [3.63, 3.8) is 0 Å². The quantitative estimate of drug-likeness (QED) is 0.566. The van der Waals surface area contributed by atoms with E-state index in [9.17, 15) is 20.0 Å². The number of benzene rings is 2. The molecule has 0 aliphatic heterocycles. The smallest absolute Gasteiger partial charge is 0.292 e. The van der Waals surface area contributed by atoms with Gasteiger partial charge in [0.05, 0.1) is 17.6 Å². The second kappa shape index (κ2) is 8.79. The van der Waals surface area contributed by atoms with E-state index >= 15 is 0 Å². The number of nitro groups is 1. The Labute approximate surface area is 146 Å². The van der Waals surface area contributed by atoms with E-state index in [1.165, 1.54) is 11.0 Å². The van der Waals surface area contributed by atoms with Crippen LogP contribution in [-0.2, 0) is 4.79 Å². The molecule has 0 aromatic heterocycles. The maximum absolute atomic E-state index is 12.0. The highest BCUT2D eigenvalue weighted by molar-refractivity contribution is 5.82. The number of carbonyl (C=O) groups excluding carboxylic acids is 1. The molecule has 2 rings (SSSR count). The highest BCUT2D eigenvalue weighted by atomic mass is 16.6. The van der Waals surface area contributed by atoms with Crippen LogP contribution in [0.5, 0.6) is 0 Å². The number of aliphatic hydroxyl groups excluding tert-OH is 1. The largest absolute Gasteiger partial charge is 0.388 e. The molecule has 1 atom stereocenters. The van der Waals surface area contributed by atoms with Crippen LogP contribution >= 0.6 is 0 Å². The van der Waals surface area contributed by atoms with Gasteiger partial charge >= 0.3 is 0 Å². The molecule has 2 aromatic carbocycles. The number of rotatable bonds is 8. The second-order valence-corrected chi connectivity index (χ2v) is 5.67. The normalized spacial score (nSPS) is 11.6. The van der Waals surface area contributed by atoms with E-state index < -0.39 is 11.0 Å². The van der Waals surface area contributed by atoms with Crippen LogP contribution < -0.4 is 10.2 Å². The Morgan fingerprint density at radius 2 is 1.84 bits per heavy atom. The Morgan fingerprint density at radius 3 is 2.52 bits per heavy atom. The fourth-order valence-corrected chi connectivity index (χ4v) is 2.49. The molecule has 0 saturated heterocycles. The van der Waals surface area contributed by atoms with Crippen LogP contribution in [0.2, 0.25) is 0 Å². The van der Waals surface area contributed by atoms with E-state index in [0.717, 1.165) is 5.56 Å². The van der Waals surface area contributed by atoms with Gasteiger partial charge in [0.15, 0.2) is 0 Å². The first-order chi connectivity index (χ1) is 12.0. The van der Waals surface area contributed by atoms with Crippen LogP contribution in [0.1, 0.15) is 18.1 Å². The summed E-state index contributed by atoms with van der Waals surface area (Å²) < 4.78 is 0. The van der Waals surface area contributed by atoms with Gasteiger partial charge in [0.25, 0.3) is 5.69 Å². The van der Waals surface area contributed by atoms with Crippen molar-refractivity contribution in [3.8, 4) is 0 Å². The number of nitrogens with one attached hydrogen (secondary N) is 1. The predicted molar refractivity (Wildman–Crippen MR) is 95.4 cm³/mol. The number of amides is 1. The van der Waals surface area contributed by atoms with Crippen molar-refractivity contribution in [2.45, 2.75) is 12.5 Å². The molecule has 0 aliphatic carbocycles. The molecule has 2 N–H and O–H groups in total. The zero-order valence-corrected chi connectivity index (χ0v) is 14.0. The maximum Gasteiger partial charge on any atom is 0.292 e. The Balaban J connectivity index is 1.83. The molecule has 7 nitrogen and oxygen atoms in total. The van der Waals surface area contributed by atoms with Gasteiger partial charge in [-0.15, -0.1) is 0 Å². The van der Waals surface area contributed by atoms with Gasteiger partial charge < -0.3 is 15.3 Å². The molecule has 0 radical (unpaired) electrons. The molecule has 0 aliphatic rings. The molecule has 0 spiro atoms. The molecule has 7 heteroatoms. The number of nitrogens with zero attached hydrogens (tertiary/aromatic N) is 2. The van der Waals surface area contributed by atoms with Crippen LogP contribution in [0.25, 0.3) is 0 Å². The molecular formula is C18H21N3O4. The SMILES string of the molecule is CN(CC(=O)NCCC(O)c1ccccc1)c1ccccc1[N+](=O)[O-]. The number of hydrogen-bond acceptors (Lipinski definition) is 5. The number of hydrogen-bond donors (Lipinski definition) is 2. The lowest BCUT2D eigenvalue weighted by molar-refractivity contribution is -0.384. The van der Waals surface area contributed by atoms with Gasteiger partial charge in [-0.3, -0.25) is 14.9 Å². The Bertz CT molecular complexity index is 721. The zero-order valence-electron chi connectivity index (χ0n) is 14.0. The summed E-state index contributed by atoms with van der Waals surface area (Å²) in [6.45, 7) is 0.311. The van der Waals surface area contributed by atoms with Crippen LogP contribution in [-0.4, -0.2) is 36.1 Å². The number of carbonyl (C=O) groups is 1. The van der Waals surface area contributed by atoms with Gasteiger partial charge in [-0.25, -0.2) is 0 Å². The third kappa shape index (κ3) is 5.29. The van der Waals surface area contributed by atoms with Gasteiger partial charge in [-0.05, 0) is 18.1 Å². The van der Waals surface area contributed by atoms with Crippen LogP contribution in [0, 0.1) is 10.1 Å². The first kappa shape index (κ1) is 18.4. The number of para-hydroxylation sites is 2. The van der Waals surface area contributed by atoms with Crippen LogP contribution in [0.3, 0.4) is 0 Å². The summed E-state index contributed by atoms with van der Waals surface area (Å²) in [4.78, 5) is 24.1. The van der Waals surface area contributed by atoms with E-state index in [1.807, 2.05) is 30.3 Å². The van der Waals surface area contributed by atoms with Crippen molar-refractivity contribution in [1.29, 1.82) is 0 Å². The van der Waals surface area contributed by atoms with Crippen LogP contribution in [0.15, 0.2) is 54.6 Å². The van der Waals surface area contributed by atoms with E-state index in [1.54, 1.807) is 25.2 Å². The number of likely N-dealkylation sites (N-methyl/N-ethyl adjacent to an activating group) is 1. The average Bonchev–Trinajstić information content (AvgIpc) is 2.62. The van der Waals surface area contributed by atoms with Gasteiger partial charge in [0.2, 0.25) is 5.91 Å². The fraction of sp³-hybridized carbons (Fsp3) is 0.278. The lowest BCUT2D eigenvalue weighted by Gasteiger charge is -2.19. The summed E-state index contributed by atoms with van der Waals surface area (Å²) in [5.41, 5.74) is 1.14. The van der Waals surface area contributed by atoms with Crippen molar-refractivity contribution < 1.29 is 14.8 Å². The summed E-state index contributed by atoms with van der Waals surface area (Å²) in [7, 11) is 1.63. The summed E-state index contributed by atoms with van der Waals surface area (Å²) in [6, 6.07) is 15.5. The van der Waals surface area contributed by atoms with Crippen molar-refractivity contribution in [2.75, 3.05) is 25.0 Å². The van der Waals surface area contributed by atoms with Gasteiger partial charge in [0, 0.05) is 19.7 Å². The number of anilines is 1. The summed E-state index contributed by atoms with van der Waals surface area (Å²) in [5.74, 6) is -0.263. The second-order valence-electron chi connectivity index (χ2n) is 5.67. The number of aliphatic hydroxyl groups is 1. The standard InChI is InChI=1S/C18H21N3O4/c1-20(15-9-5-6-10-16(15)21(24)25)13-18(23)19-12-11-17(22)14-7-3-2-4-8-14/h2-10,17,22H,11-13H2,1H3,(H,19,23). The molecule has 1 amide bonds. The lowest BCUT2D eigenvalue weighted by atomic mass is 10.1. The van der Waals surface area contributed by atoms with E-state index in [2.05, 4.69) is 5.32 Å². The summed E-state index contributed by atoms with van der Waals surface area (Å²) in [5, 5.41) is 23.8. The monoisotopic (exact) mass is 343 g/mol. The van der Waals surface area contributed by atoms with Gasteiger partial charge in [0.1, 0.15) is 5.69 Å². The first-order valence-electron chi connectivity index (χ1n) is 7.93. The van der Waals surface area contributed by atoms with Crippen LogP contribution in [0.4, 0.5) is 11.4 Å².